The Hall–Kier alpha value is -1.40. The van der Waals surface area contributed by atoms with Gasteiger partial charge in [0.05, 0.1) is 5.25 Å². The lowest BCUT2D eigenvalue weighted by atomic mass is 10.1. The molecule has 6 heteroatoms. The van der Waals surface area contributed by atoms with Gasteiger partial charge in [-0.05, 0) is 44.9 Å². The predicted molar refractivity (Wildman–Crippen MR) is 85.1 cm³/mol. The number of ketones is 1. The summed E-state index contributed by atoms with van der Waals surface area (Å²) < 4.78 is 0.806. The molecule has 4 nitrogen and oxygen atoms in total. The van der Waals surface area contributed by atoms with E-state index >= 15 is 0 Å². The van der Waals surface area contributed by atoms with Crippen molar-refractivity contribution >= 4 is 39.7 Å². The molecule has 20 heavy (non-hydrogen) atoms. The third-order valence-electron chi connectivity index (χ3n) is 3.10. The quantitative estimate of drug-likeness (QED) is 0.847. The summed E-state index contributed by atoms with van der Waals surface area (Å²) in [7, 11) is 0. The van der Waals surface area contributed by atoms with E-state index in [1.807, 2.05) is 19.1 Å². The van der Waals surface area contributed by atoms with Gasteiger partial charge in [0.15, 0.2) is 4.34 Å². The van der Waals surface area contributed by atoms with Crippen molar-refractivity contribution in [3.8, 4) is 0 Å². The van der Waals surface area contributed by atoms with Crippen molar-refractivity contribution in [2.75, 3.05) is 5.32 Å². The first kappa shape index (κ1) is 15.0. The molecule has 0 aliphatic carbocycles. The number of nitrogens with zero attached hydrogens (tertiary/aromatic N) is 2. The van der Waals surface area contributed by atoms with Gasteiger partial charge in [-0.15, -0.1) is 10.2 Å². The van der Waals surface area contributed by atoms with E-state index in [-0.39, 0.29) is 11.0 Å². The first-order valence-electron chi connectivity index (χ1n) is 6.31. The summed E-state index contributed by atoms with van der Waals surface area (Å²) in [5.74, 6) is 0.147. The molecule has 0 saturated heterocycles. The van der Waals surface area contributed by atoms with Crippen LogP contribution >= 0.6 is 23.1 Å². The van der Waals surface area contributed by atoms with Crippen molar-refractivity contribution in [1.29, 1.82) is 0 Å². The van der Waals surface area contributed by atoms with Crippen molar-refractivity contribution < 1.29 is 4.79 Å². The van der Waals surface area contributed by atoms with Crippen LogP contribution in [0.4, 0.5) is 10.8 Å². The standard InChI is InChI=1S/C14H17N3OS2/c1-8-6-5-7-12(9(8)2)15-13-16-17-14(20-13)19-11(4)10(3)18/h5-7,11H,1-4H3,(H,15,16). The van der Waals surface area contributed by atoms with Crippen LogP contribution in [0.3, 0.4) is 0 Å². The third kappa shape index (κ3) is 3.58. The molecule has 1 unspecified atom stereocenters. The number of rotatable bonds is 5. The fourth-order valence-electron chi connectivity index (χ4n) is 1.54. The van der Waals surface area contributed by atoms with Crippen LogP contribution in [0.5, 0.6) is 0 Å². The van der Waals surface area contributed by atoms with Crippen LogP contribution in [-0.2, 0) is 4.79 Å². The lowest BCUT2D eigenvalue weighted by Gasteiger charge is -2.08. The van der Waals surface area contributed by atoms with E-state index in [9.17, 15) is 4.79 Å². The molecule has 0 amide bonds. The van der Waals surface area contributed by atoms with Crippen molar-refractivity contribution in [2.24, 2.45) is 0 Å². The molecule has 0 saturated carbocycles. The van der Waals surface area contributed by atoms with Gasteiger partial charge in [0.1, 0.15) is 5.78 Å². The summed E-state index contributed by atoms with van der Waals surface area (Å²) in [4.78, 5) is 11.2. The van der Waals surface area contributed by atoms with Crippen LogP contribution in [-0.4, -0.2) is 21.2 Å². The highest BCUT2D eigenvalue weighted by atomic mass is 32.2. The van der Waals surface area contributed by atoms with E-state index in [4.69, 9.17) is 0 Å². The Balaban J connectivity index is 2.10. The van der Waals surface area contributed by atoms with Gasteiger partial charge < -0.3 is 5.32 Å². The van der Waals surface area contributed by atoms with E-state index in [0.717, 1.165) is 15.2 Å². The second-order valence-electron chi connectivity index (χ2n) is 4.62. The van der Waals surface area contributed by atoms with Gasteiger partial charge in [-0.1, -0.05) is 35.2 Å². The predicted octanol–water partition coefficient (Wildman–Crippen LogP) is 3.97. The summed E-state index contributed by atoms with van der Waals surface area (Å²) in [6, 6.07) is 6.12. The van der Waals surface area contributed by atoms with Gasteiger partial charge >= 0.3 is 0 Å². The van der Waals surface area contributed by atoms with Crippen LogP contribution in [0.2, 0.25) is 0 Å². The summed E-state index contributed by atoms with van der Waals surface area (Å²) in [6.45, 7) is 7.63. The molecule has 0 aliphatic rings. The zero-order valence-corrected chi connectivity index (χ0v) is 13.6. The fraction of sp³-hybridized carbons (Fsp3) is 0.357. The minimum atomic E-state index is -0.0866. The highest BCUT2D eigenvalue weighted by molar-refractivity contribution is 8.02. The molecule has 0 aliphatic heterocycles. The highest BCUT2D eigenvalue weighted by Gasteiger charge is 2.13. The number of anilines is 2. The van der Waals surface area contributed by atoms with E-state index in [0.29, 0.717) is 0 Å². The van der Waals surface area contributed by atoms with Crippen LogP contribution in [0.1, 0.15) is 25.0 Å². The molecule has 1 aromatic heterocycles. The molecule has 2 rings (SSSR count). The van der Waals surface area contributed by atoms with Gasteiger partial charge in [0.25, 0.3) is 0 Å². The number of benzene rings is 1. The Bertz CT molecular complexity index is 625. The topological polar surface area (TPSA) is 54.9 Å². The third-order valence-corrected chi connectivity index (χ3v) is 5.24. The molecule has 1 aromatic carbocycles. The number of Topliss-reactive ketones (excluding diaryl/α,β-unsaturated/α-hetero) is 1. The second kappa shape index (κ2) is 6.37. The largest absolute Gasteiger partial charge is 0.330 e. The summed E-state index contributed by atoms with van der Waals surface area (Å²) in [5.41, 5.74) is 3.48. The van der Waals surface area contributed by atoms with Crippen molar-refractivity contribution in [3.05, 3.63) is 29.3 Å². The number of carbonyl (C=O) groups excluding carboxylic acids is 1. The molecule has 0 spiro atoms. The maximum atomic E-state index is 11.2. The Morgan fingerprint density at radius 2 is 2.10 bits per heavy atom. The number of aryl methyl sites for hydroxylation is 1. The normalized spacial score (nSPS) is 12.2. The van der Waals surface area contributed by atoms with Crippen LogP contribution < -0.4 is 5.32 Å². The SMILES string of the molecule is CC(=O)C(C)Sc1nnc(Nc2cccc(C)c2C)s1. The maximum absolute atomic E-state index is 11.2. The van der Waals surface area contributed by atoms with E-state index in [1.165, 1.54) is 34.2 Å². The van der Waals surface area contributed by atoms with Crippen molar-refractivity contribution in [1.82, 2.24) is 10.2 Å². The van der Waals surface area contributed by atoms with Crippen molar-refractivity contribution in [3.63, 3.8) is 0 Å². The van der Waals surface area contributed by atoms with Gasteiger partial charge in [-0.2, -0.15) is 0 Å². The van der Waals surface area contributed by atoms with E-state index in [1.54, 1.807) is 6.92 Å². The van der Waals surface area contributed by atoms with Gasteiger partial charge in [0, 0.05) is 5.69 Å². The fourth-order valence-corrected chi connectivity index (χ4v) is 3.45. The minimum absolute atomic E-state index is 0.0866. The van der Waals surface area contributed by atoms with E-state index in [2.05, 4.69) is 35.4 Å². The maximum Gasteiger partial charge on any atom is 0.210 e. The molecule has 0 bridgehead atoms. The minimum Gasteiger partial charge on any atom is -0.330 e. The number of aromatic nitrogens is 2. The van der Waals surface area contributed by atoms with Crippen molar-refractivity contribution in [2.45, 2.75) is 37.3 Å². The number of hydrogen-bond donors (Lipinski definition) is 1. The van der Waals surface area contributed by atoms with Gasteiger partial charge in [-0.3, -0.25) is 4.79 Å². The average Bonchev–Trinajstić information content (AvgIpc) is 2.82. The average molecular weight is 307 g/mol. The summed E-state index contributed by atoms with van der Waals surface area (Å²) in [6.07, 6.45) is 0. The molecule has 2 aromatic rings. The summed E-state index contributed by atoms with van der Waals surface area (Å²) in [5, 5.41) is 12.2. The zero-order chi connectivity index (χ0) is 14.7. The molecule has 0 fully saturated rings. The van der Waals surface area contributed by atoms with Gasteiger partial charge in [0.2, 0.25) is 5.13 Å². The Labute approximate surface area is 127 Å². The number of hydrogen-bond acceptors (Lipinski definition) is 6. The van der Waals surface area contributed by atoms with Crippen LogP contribution in [0, 0.1) is 13.8 Å². The molecule has 1 atom stereocenters. The van der Waals surface area contributed by atoms with Gasteiger partial charge in [-0.25, -0.2) is 0 Å². The first-order valence-corrected chi connectivity index (χ1v) is 8.01. The molecular formula is C14H17N3OS2. The Kier molecular flexibility index (Phi) is 4.77. The second-order valence-corrected chi connectivity index (χ2v) is 7.18. The van der Waals surface area contributed by atoms with Crippen LogP contribution in [0.25, 0.3) is 0 Å². The first-order chi connectivity index (χ1) is 9.47. The molecular weight excluding hydrogens is 290 g/mol. The van der Waals surface area contributed by atoms with E-state index < -0.39 is 0 Å². The molecule has 1 N–H and O–H groups in total. The molecule has 1 heterocycles. The van der Waals surface area contributed by atoms with Crippen LogP contribution in [0.15, 0.2) is 22.5 Å². The highest BCUT2D eigenvalue weighted by Crippen LogP contribution is 2.31. The molecule has 106 valence electrons. The Morgan fingerprint density at radius 1 is 1.35 bits per heavy atom. The number of nitrogens with one attached hydrogen (secondary N) is 1. The Morgan fingerprint density at radius 3 is 2.80 bits per heavy atom. The molecule has 0 radical (unpaired) electrons. The number of thioether (sulfide) groups is 1. The summed E-state index contributed by atoms with van der Waals surface area (Å²) >= 11 is 2.91. The number of carbonyl (C=O) groups is 1. The monoisotopic (exact) mass is 307 g/mol. The lowest BCUT2D eigenvalue weighted by Crippen LogP contribution is -2.07. The lowest BCUT2D eigenvalue weighted by molar-refractivity contribution is -0.116. The zero-order valence-electron chi connectivity index (χ0n) is 11.9. The smallest absolute Gasteiger partial charge is 0.210 e.